The van der Waals surface area contributed by atoms with Crippen molar-refractivity contribution in [1.29, 1.82) is 5.26 Å². The van der Waals surface area contributed by atoms with Gasteiger partial charge >= 0.3 is 0 Å². The Morgan fingerprint density at radius 3 is 2.44 bits per heavy atom. The third kappa shape index (κ3) is 2.92. The molecule has 0 aliphatic heterocycles. The van der Waals surface area contributed by atoms with Crippen molar-refractivity contribution >= 4 is 23.2 Å². The fourth-order valence-electron chi connectivity index (χ4n) is 1.36. The maximum atomic E-state index is 13.2. The third-order valence-corrected chi connectivity index (χ3v) is 2.87. The molecule has 0 aliphatic carbocycles. The Bertz CT molecular complexity index is 637. The zero-order valence-electron chi connectivity index (χ0n) is 8.95. The van der Waals surface area contributed by atoms with Crippen LogP contribution in [0.2, 0.25) is 10.0 Å². The van der Waals surface area contributed by atoms with Gasteiger partial charge in [-0.15, -0.1) is 0 Å². The minimum Gasteiger partial charge on any atom is -0.457 e. The molecule has 0 N–H and O–H groups in total. The van der Waals surface area contributed by atoms with Gasteiger partial charge in [0.1, 0.15) is 17.3 Å². The summed E-state index contributed by atoms with van der Waals surface area (Å²) < 4.78 is 18.6. The van der Waals surface area contributed by atoms with Crippen LogP contribution in [0.5, 0.6) is 11.5 Å². The number of hydrogen-bond donors (Lipinski definition) is 0. The molecule has 0 spiro atoms. The van der Waals surface area contributed by atoms with E-state index in [1.54, 1.807) is 12.1 Å². The number of halogens is 3. The van der Waals surface area contributed by atoms with Gasteiger partial charge in [-0.1, -0.05) is 23.2 Å². The molecule has 18 heavy (non-hydrogen) atoms. The van der Waals surface area contributed by atoms with Crippen molar-refractivity contribution in [3.63, 3.8) is 0 Å². The maximum Gasteiger partial charge on any atom is 0.131 e. The Labute approximate surface area is 113 Å². The van der Waals surface area contributed by atoms with Gasteiger partial charge in [-0.2, -0.15) is 5.26 Å². The Balaban J connectivity index is 2.31. The zero-order valence-corrected chi connectivity index (χ0v) is 10.5. The molecule has 0 atom stereocenters. The third-order valence-electron chi connectivity index (χ3n) is 2.13. The summed E-state index contributed by atoms with van der Waals surface area (Å²) in [7, 11) is 0. The highest BCUT2D eigenvalue weighted by molar-refractivity contribution is 6.42. The molecular formula is C13H6Cl2FNO. The summed E-state index contributed by atoms with van der Waals surface area (Å²) in [5.41, 5.74) is 0.185. The number of nitriles is 1. The quantitative estimate of drug-likeness (QED) is 0.792. The molecular weight excluding hydrogens is 276 g/mol. The van der Waals surface area contributed by atoms with Gasteiger partial charge in [0.05, 0.1) is 21.7 Å². The van der Waals surface area contributed by atoms with Crippen LogP contribution in [0.25, 0.3) is 0 Å². The monoisotopic (exact) mass is 281 g/mol. The van der Waals surface area contributed by atoms with E-state index in [9.17, 15) is 4.39 Å². The molecule has 0 saturated heterocycles. The summed E-state index contributed by atoms with van der Waals surface area (Å²) in [6, 6.07) is 10.3. The predicted octanol–water partition coefficient (Wildman–Crippen LogP) is 4.80. The topological polar surface area (TPSA) is 33.0 Å². The fourth-order valence-corrected chi connectivity index (χ4v) is 1.65. The molecule has 5 heteroatoms. The molecule has 2 aromatic carbocycles. The Hall–Kier alpha value is -1.76. The number of rotatable bonds is 2. The van der Waals surface area contributed by atoms with Crippen molar-refractivity contribution < 1.29 is 9.13 Å². The SMILES string of the molecule is N#Cc1cc(F)cc(Oc2ccc(Cl)c(Cl)c2)c1. The molecule has 0 unspecified atom stereocenters. The van der Waals surface area contributed by atoms with Crippen LogP contribution in [0, 0.1) is 17.1 Å². The fraction of sp³-hybridized carbons (Fsp3) is 0. The second kappa shape index (κ2) is 5.26. The summed E-state index contributed by atoms with van der Waals surface area (Å²) in [4.78, 5) is 0. The zero-order chi connectivity index (χ0) is 13.1. The van der Waals surface area contributed by atoms with Crippen molar-refractivity contribution in [3.8, 4) is 17.6 Å². The predicted molar refractivity (Wildman–Crippen MR) is 67.7 cm³/mol. The molecule has 0 aliphatic rings. The van der Waals surface area contributed by atoms with Gasteiger partial charge in [0.2, 0.25) is 0 Å². The molecule has 0 bridgehead atoms. The second-order valence-corrected chi connectivity index (χ2v) is 4.28. The number of benzene rings is 2. The highest BCUT2D eigenvalue weighted by Crippen LogP contribution is 2.30. The average molecular weight is 282 g/mol. The lowest BCUT2D eigenvalue weighted by Gasteiger charge is -2.07. The summed E-state index contributed by atoms with van der Waals surface area (Å²) in [5.74, 6) is 0.105. The Morgan fingerprint density at radius 2 is 1.78 bits per heavy atom. The van der Waals surface area contributed by atoms with E-state index in [2.05, 4.69) is 0 Å². The van der Waals surface area contributed by atoms with E-state index < -0.39 is 5.82 Å². The highest BCUT2D eigenvalue weighted by atomic mass is 35.5. The molecule has 2 rings (SSSR count). The van der Waals surface area contributed by atoms with Crippen molar-refractivity contribution in [1.82, 2.24) is 0 Å². The standard InChI is InChI=1S/C13H6Cl2FNO/c14-12-2-1-10(6-13(12)15)18-11-4-8(7-17)3-9(16)5-11/h1-6H. The van der Waals surface area contributed by atoms with E-state index in [-0.39, 0.29) is 11.3 Å². The lowest BCUT2D eigenvalue weighted by Crippen LogP contribution is -1.87. The lowest BCUT2D eigenvalue weighted by atomic mass is 10.2. The molecule has 0 aromatic heterocycles. The average Bonchev–Trinajstić information content (AvgIpc) is 2.33. The highest BCUT2D eigenvalue weighted by Gasteiger charge is 2.05. The first-order chi connectivity index (χ1) is 8.58. The molecule has 0 radical (unpaired) electrons. The summed E-state index contributed by atoms with van der Waals surface area (Å²) in [5, 5.41) is 9.46. The number of hydrogen-bond acceptors (Lipinski definition) is 2. The van der Waals surface area contributed by atoms with Gasteiger partial charge in [0, 0.05) is 12.1 Å². The smallest absolute Gasteiger partial charge is 0.131 e. The second-order valence-electron chi connectivity index (χ2n) is 3.47. The van der Waals surface area contributed by atoms with Crippen LogP contribution in [0.3, 0.4) is 0 Å². The molecule has 2 nitrogen and oxygen atoms in total. The summed E-state index contributed by atoms with van der Waals surface area (Å²) >= 11 is 11.6. The molecule has 90 valence electrons. The normalized spacial score (nSPS) is 9.89. The van der Waals surface area contributed by atoms with E-state index in [0.29, 0.717) is 15.8 Å². The van der Waals surface area contributed by atoms with Gasteiger partial charge in [-0.3, -0.25) is 0 Å². The summed E-state index contributed by atoms with van der Waals surface area (Å²) in [6.45, 7) is 0. The van der Waals surface area contributed by atoms with Crippen LogP contribution >= 0.6 is 23.2 Å². The Morgan fingerprint density at radius 1 is 1.00 bits per heavy atom. The van der Waals surface area contributed by atoms with Crippen LogP contribution in [0.15, 0.2) is 36.4 Å². The van der Waals surface area contributed by atoms with Gasteiger partial charge in [0.25, 0.3) is 0 Å². The van der Waals surface area contributed by atoms with Crippen LogP contribution < -0.4 is 4.74 Å². The lowest BCUT2D eigenvalue weighted by molar-refractivity contribution is 0.476. The molecule has 2 aromatic rings. The molecule has 0 fully saturated rings. The van der Waals surface area contributed by atoms with Crippen LogP contribution in [0.4, 0.5) is 4.39 Å². The molecule has 0 saturated carbocycles. The number of nitrogens with zero attached hydrogens (tertiary/aromatic N) is 1. The summed E-state index contributed by atoms with van der Waals surface area (Å²) in [6.07, 6.45) is 0. The van der Waals surface area contributed by atoms with Gasteiger partial charge < -0.3 is 4.74 Å². The van der Waals surface area contributed by atoms with Crippen molar-refractivity contribution in [2.45, 2.75) is 0 Å². The maximum absolute atomic E-state index is 13.2. The first-order valence-electron chi connectivity index (χ1n) is 4.92. The van der Waals surface area contributed by atoms with Crippen LogP contribution in [-0.2, 0) is 0 Å². The van der Waals surface area contributed by atoms with Crippen LogP contribution in [0.1, 0.15) is 5.56 Å². The van der Waals surface area contributed by atoms with Crippen molar-refractivity contribution in [2.24, 2.45) is 0 Å². The van der Waals surface area contributed by atoms with Crippen LogP contribution in [-0.4, -0.2) is 0 Å². The van der Waals surface area contributed by atoms with Crippen molar-refractivity contribution in [3.05, 3.63) is 57.8 Å². The van der Waals surface area contributed by atoms with Gasteiger partial charge in [0.15, 0.2) is 0 Å². The van der Waals surface area contributed by atoms with Gasteiger partial charge in [-0.05, 0) is 24.3 Å². The largest absolute Gasteiger partial charge is 0.457 e. The molecule has 0 amide bonds. The van der Waals surface area contributed by atoms with E-state index in [1.807, 2.05) is 6.07 Å². The molecule has 0 heterocycles. The van der Waals surface area contributed by atoms with E-state index in [0.717, 1.165) is 6.07 Å². The first kappa shape index (κ1) is 12.7. The van der Waals surface area contributed by atoms with Gasteiger partial charge in [-0.25, -0.2) is 4.39 Å². The number of ether oxygens (including phenoxy) is 1. The van der Waals surface area contributed by atoms with E-state index in [1.165, 1.54) is 18.2 Å². The first-order valence-corrected chi connectivity index (χ1v) is 5.67. The minimum absolute atomic E-state index is 0.185. The van der Waals surface area contributed by atoms with Crippen molar-refractivity contribution in [2.75, 3.05) is 0 Å². The van der Waals surface area contributed by atoms with E-state index >= 15 is 0 Å². The minimum atomic E-state index is -0.538. The van der Waals surface area contributed by atoms with E-state index in [4.69, 9.17) is 33.2 Å². The Kier molecular flexibility index (Phi) is 3.71.